The Kier molecular flexibility index (Phi) is 6.99. The van der Waals surface area contributed by atoms with Gasteiger partial charge in [-0.15, -0.1) is 0 Å². The zero-order chi connectivity index (χ0) is 24.5. The average Bonchev–Trinajstić information content (AvgIpc) is 3.22. The summed E-state index contributed by atoms with van der Waals surface area (Å²) in [6.45, 7) is -0.217. The molecule has 0 fully saturated rings. The summed E-state index contributed by atoms with van der Waals surface area (Å²) < 4.78 is 58.3. The van der Waals surface area contributed by atoms with Crippen LogP contribution in [0.5, 0.6) is 5.75 Å². The van der Waals surface area contributed by atoms with Crippen LogP contribution in [0.4, 0.5) is 13.2 Å². The Hall–Kier alpha value is -2.85. The Morgan fingerprint density at radius 3 is 2.21 bits per heavy atom. The fraction of sp³-hybridized carbons (Fsp3) is 0.0870. The van der Waals surface area contributed by atoms with Gasteiger partial charge in [0.2, 0.25) is 0 Å². The molecule has 5 nitrogen and oxygen atoms in total. The van der Waals surface area contributed by atoms with Crippen LogP contribution in [0.1, 0.15) is 11.4 Å². The molecule has 2 N–H and O–H groups in total. The van der Waals surface area contributed by atoms with Gasteiger partial charge in [-0.25, -0.2) is 14.0 Å². The van der Waals surface area contributed by atoms with E-state index < -0.39 is 22.9 Å². The van der Waals surface area contributed by atoms with Gasteiger partial charge >= 0.3 is 6.18 Å². The molecular weight excluding hydrogens is 510 g/mol. The molecule has 0 saturated heterocycles. The van der Waals surface area contributed by atoms with Gasteiger partial charge in [-0.1, -0.05) is 53.5 Å². The highest BCUT2D eigenvalue weighted by Crippen LogP contribution is 2.34. The SMILES string of the molecule is NS(=O)c1cccc(-c2ccc(OCc3cc(C(F)(F)F)nn3-c3c(Cl)cccc3Cl)cc2)c1. The van der Waals surface area contributed by atoms with Crippen LogP contribution in [-0.2, 0) is 23.8 Å². The van der Waals surface area contributed by atoms with Gasteiger partial charge in [0.1, 0.15) is 29.0 Å². The zero-order valence-corrected chi connectivity index (χ0v) is 19.6. The monoisotopic (exact) mass is 525 g/mol. The van der Waals surface area contributed by atoms with Gasteiger partial charge in [-0.05, 0) is 53.6 Å². The molecule has 1 atom stereocenters. The highest BCUT2D eigenvalue weighted by molar-refractivity contribution is 7.82. The van der Waals surface area contributed by atoms with Gasteiger partial charge in [0.15, 0.2) is 5.69 Å². The van der Waals surface area contributed by atoms with Gasteiger partial charge in [0, 0.05) is 0 Å². The van der Waals surface area contributed by atoms with E-state index in [-0.39, 0.29) is 28.0 Å². The normalized spacial score (nSPS) is 12.5. The van der Waals surface area contributed by atoms with Crippen LogP contribution in [0.3, 0.4) is 0 Å². The van der Waals surface area contributed by atoms with Gasteiger partial charge in [0.25, 0.3) is 0 Å². The summed E-state index contributed by atoms with van der Waals surface area (Å²) in [6.07, 6.45) is -4.66. The first-order valence-electron chi connectivity index (χ1n) is 9.73. The summed E-state index contributed by atoms with van der Waals surface area (Å²) in [5, 5.41) is 9.41. The second-order valence-electron chi connectivity index (χ2n) is 7.14. The number of rotatable bonds is 6. The summed E-state index contributed by atoms with van der Waals surface area (Å²) in [6, 6.07) is 19.4. The number of hydrogen-bond acceptors (Lipinski definition) is 3. The first kappa shape index (κ1) is 24.3. The van der Waals surface area contributed by atoms with Crippen molar-refractivity contribution in [1.29, 1.82) is 0 Å². The van der Waals surface area contributed by atoms with E-state index >= 15 is 0 Å². The number of nitrogens with zero attached hydrogens (tertiary/aromatic N) is 2. The second-order valence-corrected chi connectivity index (χ2v) is 9.02. The van der Waals surface area contributed by atoms with Crippen LogP contribution in [-0.4, -0.2) is 14.0 Å². The quantitative estimate of drug-likeness (QED) is 0.315. The fourth-order valence-electron chi connectivity index (χ4n) is 3.25. The molecule has 34 heavy (non-hydrogen) atoms. The summed E-state index contributed by atoms with van der Waals surface area (Å²) in [4.78, 5) is 0.491. The van der Waals surface area contributed by atoms with Crippen LogP contribution in [0, 0.1) is 0 Å². The van der Waals surface area contributed by atoms with Crippen molar-refractivity contribution in [3.05, 3.63) is 94.2 Å². The lowest BCUT2D eigenvalue weighted by Gasteiger charge is -2.12. The molecule has 1 heterocycles. The third-order valence-electron chi connectivity index (χ3n) is 4.86. The number of para-hydroxylation sites is 1. The standard InChI is InChI=1S/C23H16Cl2F3N3O2S/c24-19-5-2-6-20(25)22(19)31-16(12-21(30-31)23(26,27)28)13-33-17-9-7-14(8-10-17)15-3-1-4-18(11-15)34(29)32/h1-12H,13,29H2. The Bertz CT molecular complexity index is 1340. The van der Waals surface area contributed by atoms with Crippen molar-refractivity contribution in [3.63, 3.8) is 0 Å². The summed E-state index contributed by atoms with van der Waals surface area (Å²) in [7, 11) is -1.60. The van der Waals surface area contributed by atoms with Crippen LogP contribution in [0.25, 0.3) is 16.8 Å². The Balaban J connectivity index is 1.60. The highest BCUT2D eigenvalue weighted by atomic mass is 35.5. The van der Waals surface area contributed by atoms with E-state index in [1.54, 1.807) is 48.5 Å². The summed E-state index contributed by atoms with van der Waals surface area (Å²) in [5.41, 5.74) is 0.794. The van der Waals surface area contributed by atoms with E-state index in [4.69, 9.17) is 33.1 Å². The maximum absolute atomic E-state index is 13.3. The minimum absolute atomic E-state index is 0.115. The van der Waals surface area contributed by atoms with Gasteiger partial charge < -0.3 is 4.74 Å². The third kappa shape index (κ3) is 5.28. The van der Waals surface area contributed by atoms with Crippen molar-refractivity contribution in [1.82, 2.24) is 9.78 Å². The van der Waals surface area contributed by atoms with E-state index in [0.717, 1.165) is 21.9 Å². The minimum Gasteiger partial charge on any atom is -0.487 e. The van der Waals surface area contributed by atoms with Crippen molar-refractivity contribution in [2.45, 2.75) is 17.7 Å². The molecule has 0 aliphatic carbocycles. The molecule has 11 heteroatoms. The minimum atomic E-state index is -4.66. The van der Waals surface area contributed by atoms with Crippen molar-refractivity contribution in [3.8, 4) is 22.6 Å². The first-order valence-corrected chi connectivity index (χ1v) is 11.7. The van der Waals surface area contributed by atoms with Crippen LogP contribution in [0.15, 0.2) is 77.7 Å². The molecule has 0 saturated carbocycles. The van der Waals surface area contributed by atoms with Gasteiger partial charge in [0.05, 0.1) is 20.6 Å². The van der Waals surface area contributed by atoms with Crippen LogP contribution >= 0.6 is 23.2 Å². The van der Waals surface area contributed by atoms with Crippen molar-refractivity contribution < 1.29 is 22.1 Å². The molecule has 3 aromatic carbocycles. The predicted molar refractivity (Wildman–Crippen MR) is 125 cm³/mol. The van der Waals surface area contributed by atoms with Crippen LogP contribution < -0.4 is 9.88 Å². The largest absolute Gasteiger partial charge is 0.487 e. The maximum Gasteiger partial charge on any atom is 0.435 e. The lowest BCUT2D eigenvalue weighted by atomic mass is 10.1. The molecule has 176 valence electrons. The molecule has 0 aliphatic heterocycles. The van der Waals surface area contributed by atoms with E-state index in [0.29, 0.717) is 10.6 Å². The lowest BCUT2D eigenvalue weighted by molar-refractivity contribution is -0.141. The second kappa shape index (κ2) is 9.79. The van der Waals surface area contributed by atoms with E-state index in [1.807, 2.05) is 6.07 Å². The Labute approximate surface area is 205 Å². The first-order chi connectivity index (χ1) is 16.1. The fourth-order valence-corrected chi connectivity index (χ4v) is 4.26. The van der Waals surface area contributed by atoms with Crippen molar-refractivity contribution in [2.75, 3.05) is 0 Å². The van der Waals surface area contributed by atoms with Crippen molar-refractivity contribution in [2.24, 2.45) is 5.14 Å². The number of hydrogen-bond donors (Lipinski definition) is 1. The van der Waals surface area contributed by atoms with Crippen molar-refractivity contribution >= 4 is 34.2 Å². The number of benzene rings is 3. The maximum atomic E-state index is 13.3. The van der Waals surface area contributed by atoms with Crippen LogP contribution in [0.2, 0.25) is 10.0 Å². The third-order valence-corrected chi connectivity index (χ3v) is 6.19. The number of alkyl halides is 3. The zero-order valence-electron chi connectivity index (χ0n) is 17.2. The molecule has 0 radical (unpaired) electrons. The van der Waals surface area contributed by atoms with E-state index in [9.17, 15) is 17.4 Å². The summed E-state index contributed by atoms with van der Waals surface area (Å²) >= 11 is 12.4. The smallest absolute Gasteiger partial charge is 0.435 e. The van der Waals surface area contributed by atoms with E-state index in [2.05, 4.69) is 5.10 Å². The Morgan fingerprint density at radius 2 is 1.59 bits per heavy atom. The number of halogens is 5. The molecule has 0 spiro atoms. The molecule has 0 bridgehead atoms. The average molecular weight is 526 g/mol. The molecule has 4 aromatic rings. The highest BCUT2D eigenvalue weighted by Gasteiger charge is 2.35. The molecule has 4 rings (SSSR count). The molecule has 0 amide bonds. The number of ether oxygens (including phenoxy) is 1. The number of aromatic nitrogens is 2. The topological polar surface area (TPSA) is 70.1 Å². The molecule has 1 unspecified atom stereocenters. The lowest BCUT2D eigenvalue weighted by Crippen LogP contribution is -2.09. The predicted octanol–water partition coefficient (Wildman–Crippen LogP) is 6.43. The Morgan fingerprint density at radius 1 is 0.941 bits per heavy atom. The van der Waals surface area contributed by atoms with Gasteiger partial charge in [-0.3, -0.25) is 0 Å². The molecule has 1 aromatic heterocycles. The molecule has 0 aliphatic rings. The molecular formula is C23H16Cl2F3N3O2S. The number of nitrogens with two attached hydrogens (primary N) is 1. The van der Waals surface area contributed by atoms with E-state index in [1.165, 1.54) is 12.1 Å². The van der Waals surface area contributed by atoms with Gasteiger partial charge in [-0.2, -0.15) is 18.3 Å². The summed E-state index contributed by atoms with van der Waals surface area (Å²) in [5.74, 6) is 0.425.